The molecule has 0 spiro atoms. The molecular weight excluding hydrogens is 564 g/mol. The molecule has 4 rings (SSSR count). The zero-order valence-electron chi connectivity index (χ0n) is 23.9. The van der Waals surface area contributed by atoms with E-state index in [0.29, 0.717) is 44.9 Å². The number of carbonyl (C=O) groups is 1. The molecule has 2 saturated heterocycles. The normalized spacial score (nSPS) is 26.5. The van der Waals surface area contributed by atoms with Gasteiger partial charge in [-0.05, 0) is 81.8 Å². The molecule has 2 aliphatic rings. The molecule has 0 bridgehead atoms. The van der Waals surface area contributed by atoms with Gasteiger partial charge >= 0.3 is 18.3 Å². The van der Waals surface area contributed by atoms with Crippen LogP contribution in [0.4, 0.5) is 26.3 Å². The lowest BCUT2D eigenvalue weighted by molar-refractivity contribution is -0.211. The van der Waals surface area contributed by atoms with Gasteiger partial charge in [-0.15, -0.1) is 0 Å². The Bertz CT molecular complexity index is 1170. The molecule has 2 fully saturated rings. The van der Waals surface area contributed by atoms with Crippen LogP contribution in [0.3, 0.4) is 0 Å². The van der Waals surface area contributed by atoms with Crippen molar-refractivity contribution in [3.8, 4) is 0 Å². The number of hydrogen-bond donors (Lipinski definition) is 0. The van der Waals surface area contributed by atoms with Crippen LogP contribution in [0.15, 0.2) is 48.5 Å². The first kappa shape index (κ1) is 32.3. The second kappa shape index (κ2) is 12.9. The van der Waals surface area contributed by atoms with Crippen LogP contribution in [0.5, 0.6) is 0 Å². The first-order valence-corrected chi connectivity index (χ1v) is 14.2. The fraction of sp³-hybridized carbons (Fsp3) is 0.581. The van der Waals surface area contributed by atoms with Gasteiger partial charge in [-0.25, -0.2) is 0 Å². The number of nitrogens with zero attached hydrogens (tertiary/aromatic N) is 1. The van der Waals surface area contributed by atoms with E-state index in [1.165, 1.54) is 6.92 Å². The number of alkyl halides is 6. The Balaban J connectivity index is 1.59. The summed E-state index contributed by atoms with van der Waals surface area (Å²) < 4.78 is 98.5. The molecule has 0 N–H and O–H groups in total. The first-order chi connectivity index (χ1) is 19.7. The lowest BCUT2D eigenvalue weighted by atomic mass is 9.78. The topological polar surface area (TPSA) is 48.0 Å². The number of rotatable bonds is 8. The van der Waals surface area contributed by atoms with Crippen molar-refractivity contribution in [1.29, 1.82) is 0 Å². The molecule has 42 heavy (non-hydrogen) atoms. The predicted octanol–water partition coefficient (Wildman–Crippen LogP) is 7.61. The molecule has 2 aromatic carbocycles. The molecule has 0 saturated carbocycles. The van der Waals surface area contributed by atoms with E-state index in [4.69, 9.17) is 14.2 Å². The maximum absolute atomic E-state index is 13.5. The average Bonchev–Trinajstić information content (AvgIpc) is 2.92. The van der Waals surface area contributed by atoms with Crippen LogP contribution in [0.1, 0.15) is 74.3 Å². The highest BCUT2D eigenvalue weighted by Crippen LogP contribution is 2.42. The molecule has 232 valence electrons. The number of halogens is 6. The van der Waals surface area contributed by atoms with Crippen molar-refractivity contribution < 1.29 is 45.3 Å². The lowest BCUT2D eigenvalue weighted by Crippen LogP contribution is -2.50. The molecule has 0 aliphatic carbocycles. The van der Waals surface area contributed by atoms with Gasteiger partial charge in [-0.1, -0.05) is 30.3 Å². The summed E-state index contributed by atoms with van der Waals surface area (Å²) in [5.74, 6) is -0.572. The molecule has 0 amide bonds. The summed E-state index contributed by atoms with van der Waals surface area (Å²) in [6.07, 6.45) is -9.73. The SMILES string of the molecule is CCOC(=O)C1(C)CCCN(CC2CCOC(OC(C)c3cc(C(F)(F)F)cc(C(F)(F)F)c3)C2c2ccccc2)C1. The van der Waals surface area contributed by atoms with Crippen molar-refractivity contribution in [1.82, 2.24) is 4.90 Å². The van der Waals surface area contributed by atoms with Gasteiger partial charge in [-0.2, -0.15) is 26.3 Å². The molecule has 11 heteroatoms. The fourth-order valence-corrected chi connectivity index (χ4v) is 6.07. The highest BCUT2D eigenvalue weighted by atomic mass is 19.4. The van der Waals surface area contributed by atoms with Crippen molar-refractivity contribution in [2.45, 2.75) is 70.7 Å². The number of esters is 1. The molecular formula is C31H37F6NO4. The Morgan fingerprint density at radius 1 is 1.07 bits per heavy atom. The van der Waals surface area contributed by atoms with Crippen LogP contribution in [0.2, 0.25) is 0 Å². The van der Waals surface area contributed by atoms with Gasteiger partial charge in [0.05, 0.1) is 35.9 Å². The second-order valence-electron chi connectivity index (χ2n) is 11.5. The van der Waals surface area contributed by atoms with Crippen LogP contribution in [0, 0.1) is 11.3 Å². The summed E-state index contributed by atoms with van der Waals surface area (Å²) in [4.78, 5) is 14.9. The maximum atomic E-state index is 13.5. The van der Waals surface area contributed by atoms with E-state index in [0.717, 1.165) is 24.9 Å². The lowest BCUT2D eigenvalue weighted by Gasteiger charge is -2.44. The van der Waals surface area contributed by atoms with Crippen molar-refractivity contribution in [3.05, 3.63) is 70.8 Å². The standard InChI is InChI=1S/C31H37F6NO4/c1-4-40-28(39)29(3)12-8-13-38(19-29)18-22-11-14-41-27(26(22)21-9-6-5-7-10-21)42-20(2)23-15-24(30(32,33)34)17-25(16-23)31(35,36)37/h5-7,9-10,15-17,20,22,26-27H,4,8,11-14,18-19H2,1-3H3. The van der Waals surface area contributed by atoms with Crippen molar-refractivity contribution >= 4 is 5.97 Å². The Hall–Kier alpha value is -2.63. The minimum atomic E-state index is -4.96. The van der Waals surface area contributed by atoms with Gasteiger partial charge in [0.25, 0.3) is 0 Å². The highest BCUT2D eigenvalue weighted by Gasteiger charge is 2.43. The van der Waals surface area contributed by atoms with Gasteiger partial charge in [0.1, 0.15) is 0 Å². The monoisotopic (exact) mass is 601 g/mol. The van der Waals surface area contributed by atoms with Gasteiger partial charge < -0.3 is 19.1 Å². The summed E-state index contributed by atoms with van der Waals surface area (Å²) in [5.41, 5.74) is -2.76. The van der Waals surface area contributed by atoms with Gasteiger partial charge in [-0.3, -0.25) is 4.79 Å². The fourth-order valence-electron chi connectivity index (χ4n) is 6.07. The van der Waals surface area contributed by atoms with Crippen molar-refractivity contribution in [2.24, 2.45) is 11.3 Å². The molecule has 5 nitrogen and oxygen atoms in total. The summed E-state index contributed by atoms with van der Waals surface area (Å²) in [6.45, 7) is 7.67. The Kier molecular flexibility index (Phi) is 9.94. The molecule has 2 aliphatic heterocycles. The molecule has 5 unspecified atom stereocenters. The summed E-state index contributed by atoms with van der Waals surface area (Å²) in [7, 11) is 0. The van der Waals surface area contributed by atoms with E-state index in [2.05, 4.69) is 4.90 Å². The van der Waals surface area contributed by atoms with Crippen LogP contribution < -0.4 is 0 Å². The minimum absolute atomic E-state index is 0.00450. The largest absolute Gasteiger partial charge is 0.466 e. The number of hydrogen-bond acceptors (Lipinski definition) is 5. The van der Waals surface area contributed by atoms with Crippen LogP contribution in [-0.4, -0.2) is 50.0 Å². The molecule has 2 heterocycles. The summed E-state index contributed by atoms with van der Waals surface area (Å²) in [5, 5.41) is 0. The second-order valence-corrected chi connectivity index (χ2v) is 11.5. The molecule has 0 radical (unpaired) electrons. The Morgan fingerprint density at radius 2 is 1.71 bits per heavy atom. The third-order valence-corrected chi connectivity index (χ3v) is 8.21. The number of carbonyl (C=O) groups excluding carboxylic acids is 1. The van der Waals surface area contributed by atoms with Gasteiger partial charge in [0, 0.05) is 19.0 Å². The van der Waals surface area contributed by atoms with Crippen LogP contribution >= 0.6 is 0 Å². The summed E-state index contributed by atoms with van der Waals surface area (Å²) >= 11 is 0. The van der Waals surface area contributed by atoms with E-state index in [1.54, 1.807) is 6.92 Å². The number of piperidine rings is 1. The van der Waals surface area contributed by atoms with Crippen LogP contribution in [-0.2, 0) is 31.4 Å². The first-order valence-electron chi connectivity index (χ1n) is 14.2. The maximum Gasteiger partial charge on any atom is 0.416 e. The highest BCUT2D eigenvalue weighted by molar-refractivity contribution is 5.76. The Labute approximate surface area is 242 Å². The van der Waals surface area contributed by atoms with Crippen molar-refractivity contribution in [3.63, 3.8) is 0 Å². The van der Waals surface area contributed by atoms with E-state index >= 15 is 0 Å². The van der Waals surface area contributed by atoms with Crippen molar-refractivity contribution in [2.75, 3.05) is 32.8 Å². The quantitative estimate of drug-likeness (QED) is 0.230. The molecule has 5 atom stereocenters. The zero-order chi connectivity index (χ0) is 30.7. The number of ether oxygens (including phenoxy) is 3. The summed E-state index contributed by atoms with van der Waals surface area (Å²) in [6, 6.07) is 10.9. The van der Waals surface area contributed by atoms with E-state index in [9.17, 15) is 31.1 Å². The third kappa shape index (κ3) is 7.65. The smallest absolute Gasteiger partial charge is 0.416 e. The van der Waals surface area contributed by atoms with Gasteiger partial charge in [0.15, 0.2) is 6.29 Å². The molecule has 2 aromatic rings. The molecule has 0 aromatic heterocycles. The zero-order valence-corrected chi connectivity index (χ0v) is 23.9. The van der Waals surface area contributed by atoms with E-state index in [-0.39, 0.29) is 29.4 Å². The Morgan fingerprint density at radius 3 is 2.31 bits per heavy atom. The number of benzene rings is 2. The van der Waals surface area contributed by atoms with Gasteiger partial charge in [0.2, 0.25) is 0 Å². The van der Waals surface area contributed by atoms with E-state index < -0.39 is 41.3 Å². The number of likely N-dealkylation sites (tertiary alicyclic amines) is 1. The minimum Gasteiger partial charge on any atom is -0.466 e. The third-order valence-electron chi connectivity index (χ3n) is 8.21. The predicted molar refractivity (Wildman–Crippen MR) is 143 cm³/mol. The van der Waals surface area contributed by atoms with E-state index in [1.807, 2.05) is 37.3 Å². The van der Waals surface area contributed by atoms with Crippen LogP contribution in [0.25, 0.3) is 0 Å². The average molecular weight is 602 g/mol.